The highest BCUT2D eigenvalue weighted by atomic mass is 79.9. The third-order valence-corrected chi connectivity index (χ3v) is 6.18. The summed E-state index contributed by atoms with van der Waals surface area (Å²) in [7, 11) is 0. The largest absolute Gasteiger partial charge is 0.454 e. The predicted octanol–water partition coefficient (Wildman–Crippen LogP) is 8.06. The molecule has 0 atom stereocenters. The number of halogens is 1. The number of aryl methyl sites for hydroxylation is 2. The number of benzene rings is 2. The van der Waals surface area contributed by atoms with E-state index < -0.39 is 0 Å². The lowest BCUT2D eigenvalue weighted by molar-refractivity contribution is 0.460. The van der Waals surface area contributed by atoms with Crippen LogP contribution in [0.5, 0.6) is 11.5 Å². The second-order valence-corrected chi connectivity index (χ2v) is 11.0. The van der Waals surface area contributed by atoms with Crippen molar-refractivity contribution >= 4 is 38.2 Å². The molecule has 0 radical (unpaired) electrons. The van der Waals surface area contributed by atoms with Crippen molar-refractivity contribution in [2.75, 3.05) is 5.32 Å². The number of nitrogens with zero attached hydrogens (tertiary/aromatic N) is 1. The topological polar surface area (TPSA) is 34.2 Å². The Labute approximate surface area is 182 Å². The molecular formula is C25H29BrN2O. The second kappa shape index (κ2) is 6.46. The van der Waals surface area contributed by atoms with Crippen molar-refractivity contribution in [2.45, 2.75) is 66.2 Å². The molecule has 0 unspecified atom stereocenters. The molecule has 1 aromatic heterocycles. The fourth-order valence-corrected chi connectivity index (χ4v) is 4.53. The molecule has 4 rings (SSSR count). The standard InChI is InChI=1S/C25H29BrN2O/c1-13-9-17(26)22-20-19(10-14(2)27-21(13)20)29-23-16(25(6,7)8)11-15(24(3,4)5)12-18(23)28-22/h9-12,28H,1-8H3. The van der Waals surface area contributed by atoms with Gasteiger partial charge in [-0.1, -0.05) is 47.6 Å². The van der Waals surface area contributed by atoms with Gasteiger partial charge in [-0.05, 0) is 63.9 Å². The number of anilines is 2. The summed E-state index contributed by atoms with van der Waals surface area (Å²) in [5, 5.41) is 4.72. The normalized spacial score (nSPS) is 13.6. The van der Waals surface area contributed by atoms with Gasteiger partial charge in [0.05, 0.1) is 22.3 Å². The van der Waals surface area contributed by atoms with Crippen LogP contribution in [-0.4, -0.2) is 4.98 Å². The molecule has 29 heavy (non-hydrogen) atoms. The fraction of sp³-hybridized carbons (Fsp3) is 0.400. The van der Waals surface area contributed by atoms with Gasteiger partial charge < -0.3 is 10.1 Å². The lowest BCUT2D eigenvalue weighted by Crippen LogP contribution is -2.18. The average molecular weight is 453 g/mol. The van der Waals surface area contributed by atoms with Crippen molar-refractivity contribution in [1.82, 2.24) is 4.98 Å². The van der Waals surface area contributed by atoms with Crippen LogP contribution in [0.3, 0.4) is 0 Å². The van der Waals surface area contributed by atoms with Crippen LogP contribution in [0, 0.1) is 13.8 Å². The average Bonchev–Trinajstić information content (AvgIpc) is 2.73. The van der Waals surface area contributed by atoms with E-state index in [1.807, 2.05) is 13.0 Å². The van der Waals surface area contributed by atoms with Crippen LogP contribution in [0.25, 0.3) is 10.9 Å². The SMILES string of the molecule is Cc1cc2c3c(c(Br)cc(C)c3n1)Nc1cc(C(C)(C)C)cc(C(C)(C)C)c1O2. The van der Waals surface area contributed by atoms with Crippen LogP contribution < -0.4 is 10.1 Å². The van der Waals surface area contributed by atoms with Gasteiger partial charge in [0, 0.05) is 21.8 Å². The van der Waals surface area contributed by atoms with Gasteiger partial charge in [0.25, 0.3) is 0 Å². The summed E-state index contributed by atoms with van der Waals surface area (Å²) in [5.41, 5.74) is 7.55. The van der Waals surface area contributed by atoms with E-state index >= 15 is 0 Å². The number of rotatable bonds is 0. The van der Waals surface area contributed by atoms with E-state index in [0.29, 0.717) is 0 Å². The van der Waals surface area contributed by atoms with Crippen molar-refractivity contribution in [3.05, 3.63) is 51.1 Å². The summed E-state index contributed by atoms with van der Waals surface area (Å²) in [6, 6.07) is 8.71. The van der Waals surface area contributed by atoms with E-state index in [0.717, 1.165) is 49.5 Å². The molecule has 1 aliphatic rings. The van der Waals surface area contributed by atoms with Crippen LogP contribution in [0.1, 0.15) is 63.9 Å². The number of nitrogens with one attached hydrogen (secondary N) is 1. The summed E-state index contributed by atoms with van der Waals surface area (Å²) >= 11 is 3.77. The Bertz CT molecular complexity index is 1150. The summed E-state index contributed by atoms with van der Waals surface area (Å²) in [6.45, 7) is 17.6. The molecule has 0 amide bonds. The number of hydrogen-bond donors (Lipinski definition) is 1. The highest BCUT2D eigenvalue weighted by molar-refractivity contribution is 9.10. The van der Waals surface area contributed by atoms with Crippen LogP contribution in [0.15, 0.2) is 28.7 Å². The van der Waals surface area contributed by atoms with Crippen LogP contribution in [-0.2, 0) is 10.8 Å². The molecule has 3 nitrogen and oxygen atoms in total. The maximum absolute atomic E-state index is 6.67. The molecular weight excluding hydrogens is 424 g/mol. The minimum absolute atomic E-state index is 0.0356. The van der Waals surface area contributed by atoms with Gasteiger partial charge >= 0.3 is 0 Å². The number of aromatic nitrogens is 1. The third-order valence-electron chi connectivity index (χ3n) is 5.55. The van der Waals surface area contributed by atoms with Crippen LogP contribution in [0.4, 0.5) is 11.4 Å². The van der Waals surface area contributed by atoms with Gasteiger partial charge in [-0.3, -0.25) is 4.98 Å². The summed E-state index contributed by atoms with van der Waals surface area (Å²) in [5.74, 6) is 1.75. The van der Waals surface area contributed by atoms with E-state index in [4.69, 9.17) is 9.72 Å². The van der Waals surface area contributed by atoms with Gasteiger partial charge in [-0.15, -0.1) is 0 Å². The molecule has 0 fully saturated rings. The Morgan fingerprint density at radius 2 is 1.62 bits per heavy atom. The van der Waals surface area contributed by atoms with Crippen molar-refractivity contribution in [2.24, 2.45) is 0 Å². The Morgan fingerprint density at radius 1 is 0.931 bits per heavy atom. The third kappa shape index (κ3) is 3.42. The lowest BCUT2D eigenvalue weighted by Gasteiger charge is -2.28. The van der Waals surface area contributed by atoms with Crippen LogP contribution in [0.2, 0.25) is 0 Å². The van der Waals surface area contributed by atoms with Crippen molar-refractivity contribution < 1.29 is 4.74 Å². The van der Waals surface area contributed by atoms with Gasteiger partial charge in [0.15, 0.2) is 5.75 Å². The number of fused-ring (bicyclic) bond motifs is 1. The molecule has 0 aliphatic carbocycles. The first-order valence-electron chi connectivity index (χ1n) is 10.1. The van der Waals surface area contributed by atoms with E-state index in [2.05, 4.69) is 87.9 Å². The van der Waals surface area contributed by atoms with Crippen molar-refractivity contribution in [3.8, 4) is 11.5 Å². The maximum Gasteiger partial charge on any atom is 0.154 e. The number of hydrogen-bond acceptors (Lipinski definition) is 3. The Hall–Kier alpha value is -2.07. The molecule has 152 valence electrons. The highest BCUT2D eigenvalue weighted by Gasteiger charge is 2.30. The molecule has 1 N–H and O–H groups in total. The molecule has 2 heterocycles. The zero-order valence-corrected chi connectivity index (χ0v) is 20.1. The Balaban J connectivity index is 2.10. The summed E-state index contributed by atoms with van der Waals surface area (Å²) in [4.78, 5) is 4.81. The second-order valence-electron chi connectivity index (χ2n) is 10.2. The van der Waals surface area contributed by atoms with E-state index in [9.17, 15) is 0 Å². The smallest absolute Gasteiger partial charge is 0.154 e. The first-order chi connectivity index (χ1) is 13.4. The zero-order chi connectivity index (χ0) is 21.3. The quantitative estimate of drug-likeness (QED) is 0.292. The first kappa shape index (κ1) is 20.2. The minimum Gasteiger partial charge on any atom is -0.454 e. The van der Waals surface area contributed by atoms with Gasteiger partial charge in [-0.25, -0.2) is 0 Å². The minimum atomic E-state index is -0.0577. The first-order valence-corrected chi connectivity index (χ1v) is 10.9. The molecule has 0 bridgehead atoms. The Kier molecular flexibility index (Phi) is 4.51. The summed E-state index contributed by atoms with van der Waals surface area (Å²) < 4.78 is 7.69. The van der Waals surface area contributed by atoms with E-state index in [-0.39, 0.29) is 10.8 Å². The Morgan fingerprint density at radius 3 is 2.24 bits per heavy atom. The maximum atomic E-state index is 6.67. The molecule has 0 saturated heterocycles. The van der Waals surface area contributed by atoms with Gasteiger partial charge in [-0.2, -0.15) is 0 Å². The van der Waals surface area contributed by atoms with Gasteiger partial charge in [0.1, 0.15) is 5.75 Å². The molecule has 0 saturated carbocycles. The van der Waals surface area contributed by atoms with Crippen molar-refractivity contribution in [3.63, 3.8) is 0 Å². The van der Waals surface area contributed by atoms with E-state index in [1.54, 1.807) is 0 Å². The fourth-order valence-electron chi connectivity index (χ4n) is 3.89. The predicted molar refractivity (Wildman–Crippen MR) is 126 cm³/mol. The summed E-state index contributed by atoms with van der Waals surface area (Å²) in [6.07, 6.45) is 0. The molecule has 3 aromatic rings. The lowest BCUT2D eigenvalue weighted by atomic mass is 9.79. The molecule has 2 aromatic carbocycles. The highest BCUT2D eigenvalue weighted by Crippen LogP contribution is 2.50. The molecule has 0 spiro atoms. The van der Waals surface area contributed by atoms with E-state index in [1.165, 1.54) is 11.1 Å². The monoisotopic (exact) mass is 452 g/mol. The molecule has 4 heteroatoms. The number of ether oxygens (including phenoxy) is 1. The van der Waals surface area contributed by atoms with Gasteiger partial charge in [0.2, 0.25) is 0 Å². The zero-order valence-electron chi connectivity index (χ0n) is 18.5. The molecule has 1 aliphatic heterocycles. The number of pyridine rings is 1. The van der Waals surface area contributed by atoms with Crippen molar-refractivity contribution in [1.29, 1.82) is 0 Å². The van der Waals surface area contributed by atoms with Crippen LogP contribution >= 0.6 is 15.9 Å².